The van der Waals surface area contributed by atoms with Gasteiger partial charge in [0.15, 0.2) is 15.1 Å². The molecule has 6 heteroatoms. The van der Waals surface area contributed by atoms with Crippen LogP contribution in [0.15, 0.2) is 29.2 Å². The number of unbranched alkanes of at least 4 members (excludes halogenated alkanes) is 1. The molecular weight excluding hydrogens is 268 g/mol. The molecule has 106 valence electrons. The van der Waals surface area contributed by atoms with E-state index >= 15 is 0 Å². The molecule has 1 N–H and O–H groups in total. The monoisotopic (exact) mass is 286 g/mol. The predicted octanol–water partition coefficient (Wildman–Crippen LogP) is 2.11. The van der Waals surface area contributed by atoms with Gasteiger partial charge in [0.1, 0.15) is 5.75 Å². The van der Waals surface area contributed by atoms with Crippen molar-refractivity contribution in [2.75, 3.05) is 7.11 Å². The summed E-state index contributed by atoms with van der Waals surface area (Å²) in [6.07, 6.45) is 1.42. The van der Waals surface area contributed by atoms with E-state index in [0.29, 0.717) is 12.2 Å². The highest BCUT2D eigenvalue weighted by Gasteiger charge is 2.33. The summed E-state index contributed by atoms with van der Waals surface area (Å²) in [4.78, 5) is 11.2. The van der Waals surface area contributed by atoms with Gasteiger partial charge in [-0.3, -0.25) is 4.79 Å². The van der Waals surface area contributed by atoms with Crippen molar-refractivity contribution >= 4 is 15.8 Å². The van der Waals surface area contributed by atoms with Gasteiger partial charge >= 0.3 is 5.97 Å². The molecule has 0 spiro atoms. The molecule has 0 aromatic heterocycles. The molecule has 0 aliphatic heterocycles. The topological polar surface area (TPSA) is 80.7 Å². The van der Waals surface area contributed by atoms with Crippen LogP contribution in [0, 0.1) is 0 Å². The molecule has 1 aromatic carbocycles. The summed E-state index contributed by atoms with van der Waals surface area (Å²) in [5.74, 6) is -0.919. The first kappa shape index (κ1) is 15.5. The smallest absolute Gasteiger partial charge is 0.322 e. The number of sulfone groups is 1. The molecule has 1 rings (SSSR count). The molecule has 5 nitrogen and oxygen atoms in total. The molecule has 1 unspecified atom stereocenters. The van der Waals surface area contributed by atoms with Crippen molar-refractivity contribution in [3.8, 4) is 5.75 Å². The molecule has 1 aromatic rings. The van der Waals surface area contributed by atoms with Crippen molar-refractivity contribution < 1.29 is 23.1 Å². The molecule has 0 saturated carbocycles. The summed E-state index contributed by atoms with van der Waals surface area (Å²) < 4.78 is 29.6. The summed E-state index contributed by atoms with van der Waals surface area (Å²) in [6.45, 7) is 1.89. The highest BCUT2D eigenvalue weighted by Crippen LogP contribution is 2.23. The van der Waals surface area contributed by atoms with Gasteiger partial charge in [-0.15, -0.1) is 0 Å². The average Bonchev–Trinajstić information content (AvgIpc) is 2.38. The summed E-state index contributed by atoms with van der Waals surface area (Å²) in [5, 5.41) is 7.71. The Labute approximate surface area is 113 Å². The molecule has 0 saturated heterocycles. The second kappa shape index (κ2) is 6.56. The fourth-order valence-corrected chi connectivity index (χ4v) is 3.36. The Morgan fingerprint density at radius 2 is 2.11 bits per heavy atom. The first-order valence-corrected chi connectivity index (χ1v) is 7.58. The van der Waals surface area contributed by atoms with E-state index in [4.69, 9.17) is 9.84 Å². The third kappa shape index (κ3) is 3.70. The van der Waals surface area contributed by atoms with Gasteiger partial charge in [-0.25, -0.2) is 8.42 Å². The largest absolute Gasteiger partial charge is 0.497 e. The van der Waals surface area contributed by atoms with Gasteiger partial charge in [-0.1, -0.05) is 25.8 Å². The minimum Gasteiger partial charge on any atom is -0.497 e. The zero-order valence-corrected chi connectivity index (χ0v) is 11.8. The van der Waals surface area contributed by atoms with Crippen LogP contribution < -0.4 is 4.74 Å². The number of aliphatic carboxylic acids is 1. The quantitative estimate of drug-likeness (QED) is 0.830. The lowest BCUT2D eigenvalue weighted by Crippen LogP contribution is -2.30. The first-order valence-electron chi connectivity index (χ1n) is 6.04. The molecule has 0 heterocycles. The van der Waals surface area contributed by atoms with E-state index in [1.54, 1.807) is 6.07 Å². The Morgan fingerprint density at radius 1 is 1.42 bits per heavy atom. The summed E-state index contributed by atoms with van der Waals surface area (Å²) in [6, 6.07) is 5.88. The summed E-state index contributed by atoms with van der Waals surface area (Å²) >= 11 is 0. The molecule has 1 atom stereocenters. The molecular formula is C13H18O5S. The van der Waals surface area contributed by atoms with Gasteiger partial charge < -0.3 is 9.84 Å². The van der Waals surface area contributed by atoms with Gasteiger partial charge in [0.05, 0.1) is 12.0 Å². The average molecular weight is 286 g/mol. The maximum absolute atomic E-state index is 12.3. The van der Waals surface area contributed by atoms with Crippen LogP contribution in [0.1, 0.15) is 26.2 Å². The van der Waals surface area contributed by atoms with E-state index in [9.17, 15) is 13.2 Å². The van der Waals surface area contributed by atoms with Crippen LogP contribution in [0.2, 0.25) is 0 Å². The highest BCUT2D eigenvalue weighted by molar-refractivity contribution is 7.92. The number of methoxy groups -OCH3 is 1. The Kier molecular flexibility index (Phi) is 5.35. The van der Waals surface area contributed by atoms with E-state index in [-0.39, 0.29) is 11.3 Å². The second-order valence-corrected chi connectivity index (χ2v) is 6.32. The molecule has 0 aliphatic rings. The molecule has 0 radical (unpaired) electrons. The zero-order chi connectivity index (χ0) is 14.5. The lowest BCUT2D eigenvalue weighted by Gasteiger charge is -2.13. The van der Waals surface area contributed by atoms with E-state index in [0.717, 1.165) is 6.42 Å². The van der Waals surface area contributed by atoms with Crippen LogP contribution in [0.5, 0.6) is 5.75 Å². The lowest BCUT2D eigenvalue weighted by atomic mass is 10.2. The van der Waals surface area contributed by atoms with Crippen LogP contribution >= 0.6 is 0 Å². The number of ether oxygens (including phenoxy) is 1. The number of hydrogen-bond donors (Lipinski definition) is 1. The summed E-state index contributed by atoms with van der Waals surface area (Å²) in [5.41, 5.74) is 0. The van der Waals surface area contributed by atoms with Crippen LogP contribution in [0.4, 0.5) is 0 Å². The number of hydrogen-bond acceptors (Lipinski definition) is 4. The third-order valence-electron chi connectivity index (χ3n) is 2.84. The molecule has 19 heavy (non-hydrogen) atoms. The zero-order valence-electron chi connectivity index (χ0n) is 11.0. The SMILES string of the molecule is CCCCC(C(=O)O)S(=O)(=O)c1cccc(OC)c1. The van der Waals surface area contributed by atoms with Crippen molar-refractivity contribution in [2.45, 2.75) is 36.3 Å². The number of rotatable bonds is 7. The van der Waals surface area contributed by atoms with Gasteiger partial charge in [-0.2, -0.15) is 0 Å². The minimum atomic E-state index is -3.88. The molecule has 0 bridgehead atoms. The Hall–Kier alpha value is -1.56. The number of benzene rings is 1. The van der Waals surface area contributed by atoms with E-state index in [2.05, 4.69) is 0 Å². The van der Waals surface area contributed by atoms with Gasteiger partial charge in [0.25, 0.3) is 0 Å². The van der Waals surface area contributed by atoms with Crippen molar-refractivity contribution in [1.82, 2.24) is 0 Å². The van der Waals surface area contributed by atoms with Gasteiger partial charge in [-0.05, 0) is 24.6 Å². The van der Waals surface area contributed by atoms with Crippen LogP contribution in [-0.4, -0.2) is 31.9 Å². The van der Waals surface area contributed by atoms with Crippen molar-refractivity contribution in [3.63, 3.8) is 0 Å². The molecule has 0 amide bonds. The Bertz CT molecular complexity index is 536. The maximum Gasteiger partial charge on any atom is 0.322 e. The number of carbonyl (C=O) groups is 1. The number of carboxylic acid groups (broad SMARTS) is 1. The molecule has 0 fully saturated rings. The summed E-state index contributed by atoms with van der Waals surface area (Å²) in [7, 11) is -2.46. The Balaban J connectivity index is 3.14. The normalized spacial score (nSPS) is 12.9. The fourth-order valence-electron chi connectivity index (χ4n) is 1.74. The second-order valence-electron chi connectivity index (χ2n) is 4.19. The van der Waals surface area contributed by atoms with Crippen molar-refractivity contribution in [3.05, 3.63) is 24.3 Å². The standard InChI is InChI=1S/C13H18O5S/c1-3-4-8-12(13(14)15)19(16,17)11-7-5-6-10(9-11)18-2/h5-7,9,12H,3-4,8H2,1-2H3,(H,14,15). The van der Waals surface area contributed by atoms with Gasteiger partial charge in [0.2, 0.25) is 0 Å². The fraction of sp³-hybridized carbons (Fsp3) is 0.462. The predicted molar refractivity (Wildman–Crippen MR) is 71.1 cm³/mol. The number of carboxylic acids is 1. The van der Waals surface area contributed by atoms with E-state index < -0.39 is 21.1 Å². The first-order chi connectivity index (χ1) is 8.93. The van der Waals surface area contributed by atoms with Crippen LogP contribution in [0.25, 0.3) is 0 Å². The van der Waals surface area contributed by atoms with Crippen LogP contribution in [0.3, 0.4) is 0 Å². The Morgan fingerprint density at radius 3 is 2.63 bits per heavy atom. The maximum atomic E-state index is 12.3. The lowest BCUT2D eigenvalue weighted by molar-refractivity contribution is -0.136. The van der Waals surface area contributed by atoms with Crippen molar-refractivity contribution in [2.24, 2.45) is 0 Å². The van der Waals surface area contributed by atoms with E-state index in [1.165, 1.54) is 25.3 Å². The van der Waals surface area contributed by atoms with Crippen LogP contribution in [-0.2, 0) is 14.6 Å². The van der Waals surface area contributed by atoms with E-state index in [1.807, 2.05) is 6.92 Å². The third-order valence-corrected chi connectivity index (χ3v) is 4.94. The molecule has 0 aliphatic carbocycles. The minimum absolute atomic E-state index is 0.0182. The van der Waals surface area contributed by atoms with Gasteiger partial charge in [0, 0.05) is 0 Å². The highest BCUT2D eigenvalue weighted by atomic mass is 32.2. The van der Waals surface area contributed by atoms with Crippen molar-refractivity contribution in [1.29, 1.82) is 0 Å².